The smallest absolute Gasteiger partial charge is 0.317 e. The van der Waals surface area contributed by atoms with E-state index in [0.29, 0.717) is 23.4 Å². The van der Waals surface area contributed by atoms with Crippen LogP contribution in [0.4, 0.5) is 32.1 Å². The number of anilines is 4. The molecule has 10 nitrogen and oxygen atoms in total. The van der Waals surface area contributed by atoms with Crippen LogP contribution in [0, 0.1) is 12.3 Å². The summed E-state index contributed by atoms with van der Waals surface area (Å²) in [6, 6.07) is 5.47. The molecule has 3 aliphatic rings. The van der Waals surface area contributed by atoms with Crippen molar-refractivity contribution in [2.24, 2.45) is 5.41 Å². The highest BCUT2D eigenvalue weighted by atomic mass is 32.2. The first kappa shape index (κ1) is 28.3. The van der Waals surface area contributed by atoms with E-state index in [9.17, 15) is 18.4 Å². The van der Waals surface area contributed by atoms with E-state index in [4.69, 9.17) is 4.74 Å². The van der Waals surface area contributed by atoms with Gasteiger partial charge in [-0.3, -0.25) is 14.9 Å². The number of rotatable bonds is 9. The van der Waals surface area contributed by atoms with Gasteiger partial charge in [-0.2, -0.15) is 15.0 Å². The summed E-state index contributed by atoms with van der Waals surface area (Å²) in [6.45, 7) is 5.76. The summed E-state index contributed by atoms with van der Waals surface area (Å²) in [5.41, 5.74) is 2.51. The standard InChI is InChI=1S/C27H35F2N7O3S/c1-3-39-22(37)17-40-34-19-4-5-20(21(16-19)35-12-8-26(6-7-26)9-13-35)23(38)32-24-30-18(2)31-25(33-24)36-14-10-27(28,29)11-15-36/h4-5,16,34H,3,6-15,17H2,1-2H3,(H,30,31,32,33,38). The van der Waals surface area contributed by atoms with E-state index in [1.807, 2.05) is 6.07 Å². The Morgan fingerprint density at radius 3 is 2.38 bits per heavy atom. The van der Waals surface area contributed by atoms with Crippen molar-refractivity contribution >= 4 is 47.1 Å². The van der Waals surface area contributed by atoms with E-state index in [-0.39, 0.29) is 55.5 Å². The Morgan fingerprint density at radius 1 is 1.00 bits per heavy atom. The summed E-state index contributed by atoms with van der Waals surface area (Å²) in [6.07, 6.45) is 4.20. The molecule has 3 fully saturated rings. The third kappa shape index (κ3) is 6.91. The highest BCUT2D eigenvalue weighted by Gasteiger charge is 2.44. The zero-order valence-corrected chi connectivity index (χ0v) is 23.7. The van der Waals surface area contributed by atoms with Gasteiger partial charge < -0.3 is 19.3 Å². The fraction of sp³-hybridized carbons (Fsp3) is 0.593. The fourth-order valence-electron chi connectivity index (χ4n) is 5.20. The quantitative estimate of drug-likeness (QED) is 0.323. The van der Waals surface area contributed by atoms with Crippen molar-refractivity contribution < 1.29 is 23.1 Å². The van der Waals surface area contributed by atoms with Crippen molar-refractivity contribution in [2.75, 3.05) is 58.4 Å². The Labute approximate surface area is 236 Å². The van der Waals surface area contributed by atoms with Crippen LogP contribution in [0.2, 0.25) is 0 Å². The topological polar surface area (TPSA) is 113 Å². The van der Waals surface area contributed by atoms with Crippen molar-refractivity contribution in [3.05, 3.63) is 29.6 Å². The molecule has 1 aliphatic carbocycles. The third-order valence-corrected chi connectivity index (χ3v) is 8.55. The van der Waals surface area contributed by atoms with Gasteiger partial charge in [-0.05, 0) is 75.1 Å². The van der Waals surface area contributed by atoms with Gasteiger partial charge >= 0.3 is 5.97 Å². The van der Waals surface area contributed by atoms with Gasteiger partial charge in [-0.25, -0.2) is 8.78 Å². The van der Waals surface area contributed by atoms with Crippen LogP contribution >= 0.6 is 11.9 Å². The average Bonchev–Trinajstić information content (AvgIpc) is 3.67. The molecule has 2 aromatic rings. The van der Waals surface area contributed by atoms with Crippen molar-refractivity contribution in [1.82, 2.24) is 15.0 Å². The number of piperidine rings is 2. The predicted octanol–water partition coefficient (Wildman–Crippen LogP) is 4.67. The first-order valence-electron chi connectivity index (χ1n) is 13.7. The number of carbonyl (C=O) groups is 2. The molecule has 13 heteroatoms. The minimum Gasteiger partial charge on any atom is -0.465 e. The largest absolute Gasteiger partial charge is 0.465 e. The summed E-state index contributed by atoms with van der Waals surface area (Å²) in [5.74, 6) is -2.44. The minimum atomic E-state index is -2.68. The van der Waals surface area contributed by atoms with E-state index in [0.717, 1.165) is 37.3 Å². The summed E-state index contributed by atoms with van der Waals surface area (Å²) in [5, 5.41) is 2.81. The monoisotopic (exact) mass is 575 g/mol. The number of nitrogens with one attached hydrogen (secondary N) is 2. The molecule has 2 aliphatic heterocycles. The van der Waals surface area contributed by atoms with Gasteiger partial charge in [0.25, 0.3) is 11.8 Å². The van der Waals surface area contributed by atoms with Gasteiger partial charge in [0, 0.05) is 44.7 Å². The normalized spacial score (nSPS) is 19.3. The van der Waals surface area contributed by atoms with Gasteiger partial charge in [0.2, 0.25) is 11.9 Å². The molecule has 2 N–H and O–H groups in total. The lowest BCUT2D eigenvalue weighted by Crippen LogP contribution is -2.40. The molecule has 1 spiro atoms. The van der Waals surface area contributed by atoms with E-state index in [1.165, 1.54) is 24.8 Å². The maximum atomic E-state index is 13.6. The minimum absolute atomic E-state index is 0.0820. The first-order valence-corrected chi connectivity index (χ1v) is 14.7. The number of esters is 1. The summed E-state index contributed by atoms with van der Waals surface area (Å²) < 4.78 is 35.5. The van der Waals surface area contributed by atoms with Gasteiger partial charge in [-0.15, -0.1) is 0 Å². The van der Waals surface area contributed by atoms with E-state index < -0.39 is 5.92 Å². The van der Waals surface area contributed by atoms with Crippen LogP contribution in [0.25, 0.3) is 0 Å². The SMILES string of the molecule is CCOC(=O)CSNc1ccc(C(=O)Nc2nc(C)nc(N3CCC(F)(F)CC3)n2)c(N2CCC3(CC2)CC3)c1. The maximum Gasteiger partial charge on any atom is 0.317 e. The number of ether oxygens (including phenoxy) is 1. The van der Waals surface area contributed by atoms with E-state index >= 15 is 0 Å². The fourth-order valence-corrected chi connectivity index (χ4v) is 5.76. The van der Waals surface area contributed by atoms with Gasteiger partial charge in [0.1, 0.15) is 11.6 Å². The molecule has 3 heterocycles. The Bertz CT molecular complexity index is 1240. The Balaban J connectivity index is 1.33. The number of alkyl halides is 2. The highest BCUT2D eigenvalue weighted by molar-refractivity contribution is 8.01. The predicted molar refractivity (Wildman–Crippen MR) is 151 cm³/mol. The van der Waals surface area contributed by atoms with Crippen LogP contribution < -0.4 is 19.8 Å². The number of hydrogen-bond donors (Lipinski definition) is 2. The Kier molecular flexibility index (Phi) is 8.29. The number of benzene rings is 1. The number of hydrogen-bond acceptors (Lipinski definition) is 10. The number of aromatic nitrogens is 3. The van der Waals surface area contributed by atoms with Crippen LogP contribution in [-0.2, 0) is 9.53 Å². The van der Waals surface area contributed by atoms with Gasteiger partial charge in [0.15, 0.2) is 0 Å². The lowest BCUT2D eigenvalue weighted by Gasteiger charge is -2.35. The van der Waals surface area contributed by atoms with E-state index in [2.05, 4.69) is 29.9 Å². The van der Waals surface area contributed by atoms with Gasteiger partial charge in [0.05, 0.1) is 17.9 Å². The molecule has 1 aromatic carbocycles. The first-order chi connectivity index (χ1) is 19.2. The number of aryl methyl sites for hydroxylation is 1. The second-order valence-electron chi connectivity index (χ2n) is 10.7. The van der Waals surface area contributed by atoms with Crippen LogP contribution in [0.15, 0.2) is 18.2 Å². The second-order valence-corrected chi connectivity index (χ2v) is 11.5. The molecule has 2 saturated heterocycles. The lowest BCUT2D eigenvalue weighted by molar-refractivity contribution is -0.139. The summed E-state index contributed by atoms with van der Waals surface area (Å²) >= 11 is 1.23. The average molecular weight is 576 g/mol. The number of carbonyl (C=O) groups excluding carboxylic acids is 2. The Morgan fingerprint density at radius 2 is 1.70 bits per heavy atom. The number of halogens is 2. The molecule has 1 saturated carbocycles. The van der Waals surface area contributed by atoms with Crippen molar-refractivity contribution in [1.29, 1.82) is 0 Å². The van der Waals surface area contributed by atoms with Crippen LogP contribution in [0.5, 0.6) is 0 Å². The molecule has 40 heavy (non-hydrogen) atoms. The van der Waals surface area contributed by atoms with Crippen LogP contribution in [0.1, 0.15) is 61.6 Å². The number of nitrogens with zero attached hydrogens (tertiary/aromatic N) is 5. The molecular weight excluding hydrogens is 540 g/mol. The van der Waals surface area contributed by atoms with Gasteiger partial charge in [-0.1, -0.05) is 0 Å². The zero-order chi connectivity index (χ0) is 28.3. The summed E-state index contributed by atoms with van der Waals surface area (Å²) in [4.78, 5) is 42.2. The van der Waals surface area contributed by atoms with Crippen molar-refractivity contribution in [3.63, 3.8) is 0 Å². The zero-order valence-electron chi connectivity index (χ0n) is 22.8. The maximum absolute atomic E-state index is 13.6. The molecule has 216 valence electrons. The lowest BCUT2D eigenvalue weighted by atomic mass is 9.93. The molecule has 1 amide bonds. The molecule has 0 atom stereocenters. The number of amides is 1. The molecule has 0 unspecified atom stereocenters. The molecule has 0 bridgehead atoms. The molecule has 0 radical (unpaired) electrons. The second kappa shape index (κ2) is 11.7. The third-order valence-electron chi connectivity index (χ3n) is 7.79. The highest BCUT2D eigenvalue weighted by Crippen LogP contribution is 2.54. The van der Waals surface area contributed by atoms with Crippen LogP contribution in [-0.4, -0.2) is 71.3 Å². The van der Waals surface area contributed by atoms with Crippen molar-refractivity contribution in [2.45, 2.75) is 58.3 Å². The molecule has 5 rings (SSSR count). The molecular formula is C27H35F2N7O3S. The van der Waals surface area contributed by atoms with Crippen LogP contribution in [0.3, 0.4) is 0 Å². The molecule has 1 aromatic heterocycles. The van der Waals surface area contributed by atoms with E-state index in [1.54, 1.807) is 30.9 Å². The Hall–Kier alpha value is -3.22. The summed E-state index contributed by atoms with van der Waals surface area (Å²) in [7, 11) is 0. The van der Waals surface area contributed by atoms with Crippen molar-refractivity contribution in [3.8, 4) is 0 Å².